The first-order chi connectivity index (χ1) is 7.54. The molecular formula is C9H15N3O3S. The summed E-state index contributed by atoms with van der Waals surface area (Å²) in [6, 6.07) is 0. The lowest BCUT2D eigenvalue weighted by atomic mass is 10.3. The van der Waals surface area contributed by atoms with Crippen LogP contribution in [0, 0.1) is 0 Å². The fourth-order valence-corrected chi connectivity index (χ4v) is 1.71. The van der Waals surface area contributed by atoms with Crippen LogP contribution in [0.4, 0.5) is 4.79 Å². The lowest BCUT2D eigenvalue weighted by Crippen LogP contribution is -2.53. The largest absolute Gasteiger partial charge is 0.453 e. The van der Waals surface area contributed by atoms with Gasteiger partial charge in [0.2, 0.25) is 5.91 Å². The van der Waals surface area contributed by atoms with Crippen LogP contribution in [0.15, 0.2) is 0 Å². The number of nitrogens with one attached hydrogen (secondary N) is 1. The van der Waals surface area contributed by atoms with Gasteiger partial charge >= 0.3 is 6.09 Å². The van der Waals surface area contributed by atoms with E-state index in [1.165, 1.54) is 7.11 Å². The van der Waals surface area contributed by atoms with E-state index in [1.54, 1.807) is 11.8 Å². The van der Waals surface area contributed by atoms with Gasteiger partial charge in [-0.2, -0.15) is 0 Å². The van der Waals surface area contributed by atoms with Crippen molar-refractivity contribution in [3.63, 3.8) is 0 Å². The third-order valence-electron chi connectivity index (χ3n) is 2.41. The number of ether oxygens (including phenoxy) is 1. The van der Waals surface area contributed by atoms with E-state index in [4.69, 9.17) is 12.2 Å². The van der Waals surface area contributed by atoms with Crippen LogP contribution in [-0.2, 0) is 9.53 Å². The number of amides is 2. The highest BCUT2D eigenvalue weighted by molar-refractivity contribution is 7.80. The number of nitrogens with zero attached hydrogens (tertiary/aromatic N) is 2. The number of carbonyl (C=O) groups is 2. The normalized spacial score (nSPS) is 15.6. The van der Waals surface area contributed by atoms with Gasteiger partial charge in [0.1, 0.15) is 0 Å². The minimum atomic E-state index is -0.570. The lowest BCUT2D eigenvalue weighted by Gasteiger charge is -2.35. The fraction of sp³-hybridized carbons (Fsp3) is 0.667. The van der Waals surface area contributed by atoms with E-state index < -0.39 is 6.09 Å². The molecule has 6 nitrogen and oxygen atoms in total. The Morgan fingerprint density at radius 3 is 2.12 bits per heavy atom. The molecule has 0 aromatic heterocycles. The van der Waals surface area contributed by atoms with Crippen LogP contribution >= 0.6 is 12.2 Å². The van der Waals surface area contributed by atoms with Crippen LogP contribution in [-0.4, -0.2) is 60.2 Å². The number of alkyl carbamates (subject to hydrolysis) is 1. The molecule has 0 unspecified atom stereocenters. The number of hydrogen-bond donors (Lipinski definition) is 1. The van der Waals surface area contributed by atoms with Gasteiger partial charge in [-0.1, -0.05) is 0 Å². The smallest absolute Gasteiger partial charge is 0.413 e. The highest BCUT2D eigenvalue weighted by Crippen LogP contribution is 2.02. The maximum atomic E-state index is 11.1. The van der Waals surface area contributed by atoms with Gasteiger partial charge in [0, 0.05) is 33.1 Å². The van der Waals surface area contributed by atoms with E-state index in [9.17, 15) is 9.59 Å². The van der Waals surface area contributed by atoms with Crippen LogP contribution in [0.1, 0.15) is 6.92 Å². The number of methoxy groups -OCH3 is 1. The standard InChI is InChI=1S/C9H15N3O3S/c1-7(13)11-3-5-12(6-4-11)8(16)10-9(14)15-2/h3-6H2,1-2H3,(H,10,14,16). The minimum absolute atomic E-state index is 0.0616. The van der Waals surface area contributed by atoms with Crippen LogP contribution in [0.25, 0.3) is 0 Å². The molecule has 0 spiro atoms. The molecule has 1 N–H and O–H groups in total. The van der Waals surface area contributed by atoms with Crippen molar-refractivity contribution >= 4 is 29.3 Å². The molecule has 1 aliphatic heterocycles. The van der Waals surface area contributed by atoms with Gasteiger partial charge in [-0.3, -0.25) is 10.1 Å². The third kappa shape index (κ3) is 3.34. The topological polar surface area (TPSA) is 61.9 Å². The molecule has 1 heterocycles. The fourth-order valence-electron chi connectivity index (χ4n) is 1.44. The summed E-state index contributed by atoms with van der Waals surface area (Å²) in [5.41, 5.74) is 0. The molecule has 1 rings (SSSR count). The summed E-state index contributed by atoms with van der Waals surface area (Å²) in [7, 11) is 1.28. The first kappa shape index (κ1) is 12.7. The highest BCUT2D eigenvalue weighted by atomic mass is 32.1. The van der Waals surface area contributed by atoms with Crippen LogP contribution in [0.2, 0.25) is 0 Å². The van der Waals surface area contributed by atoms with Gasteiger partial charge in [-0.25, -0.2) is 4.79 Å². The number of rotatable bonds is 0. The number of thiocarbonyl (C=S) groups is 1. The molecule has 1 aliphatic rings. The monoisotopic (exact) mass is 245 g/mol. The molecule has 0 aromatic carbocycles. The van der Waals surface area contributed by atoms with Crippen molar-refractivity contribution in [2.75, 3.05) is 33.3 Å². The van der Waals surface area contributed by atoms with Gasteiger partial charge < -0.3 is 14.5 Å². The average molecular weight is 245 g/mol. The van der Waals surface area contributed by atoms with Crippen molar-refractivity contribution in [2.24, 2.45) is 0 Å². The van der Waals surface area contributed by atoms with Crippen molar-refractivity contribution in [3.05, 3.63) is 0 Å². The van der Waals surface area contributed by atoms with E-state index in [0.29, 0.717) is 31.3 Å². The zero-order chi connectivity index (χ0) is 12.1. The highest BCUT2D eigenvalue weighted by Gasteiger charge is 2.21. The predicted molar refractivity (Wildman–Crippen MR) is 62.0 cm³/mol. The number of piperazine rings is 1. The molecule has 16 heavy (non-hydrogen) atoms. The molecule has 0 aliphatic carbocycles. The summed E-state index contributed by atoms with van der Waals surface area (Å²) in [6.45, 7) is 4.04. The van der Waals surface area contributed by atoms with Crippen molar-refractivity contribution in [1.29, 1.82) is 0 Å². The van der Waals surface area contributed by atoms with E-state index in [2.05, 4.69) is 10.1 Å². The Balaban J connectivity index is 2.38. The van der Waals surface area contributed by atoms with Crippen LogP contribution < -0.4 is 5.32 Å². The predicted octanol–water partition coefficient (Wildman–Crippen LogP) is -0.209. The molecule has 0 radical (unpaired) electrons. The second kappa shape index (κ2) is 5.64. The summed E-state index contributed by atoms with van der Waals surface area (Å²) in [5, 5.41) is 2.78. The van der Waals surface area contributed by atoms with Crippen molar-refractivity contribution in [3.8, 4) is 0 Å². The Morgan fingerprint density at radius 2 is 1.69 bits per heavy atom. The molecule has 90 valence electrons. The second-order valence-corrected chi connectivity index (χ2v) is 3.80. The first-order valence-electron chi connectivity index (χ1n) is 4.94. The van der Waals surface area contributed by atoms with E-state index in [0.717, 1.165) is 0 Å². The average Bonchev–Trinajstić information content (AvgIpc) is 2.28. The molecule has 0 saturated carbocycles. The van der Waals surface area contributed by atoms with Gasteiger partial charge in [-0.15, -0.1) is 0 Å². The second-order valence-electron chi connectivity index (χ2n) is 3.41. The zero-order valence-electron chi connectivity index (χ0n) is 9.36. The molecule has 2 amide bonds. The Kier molecular flexibility index (Phi) is 4.48. The lowest BCUT2D eigenvalue weighted by molar-refractivity contribution is -0.130. The summed E-state index contributed by atoms with van der Waals surface area (Å²) in [6.07, 6.45) is -0.570. The van der Waals surface area contributed by atoms with Gasteiger partial charge in [-0.05, 0) is 12.2 Å². The number of carbonyl (C=O) groups excluding carboxylic acids is 2. The van der Waals surface area contributed by atoms with E-state index in [1.807, 2.05) is 4.90 Å². The van der Waals surface area contributed by atoms with Gasteiger partial charge in [0.05, 0.1) is 7.11 Å². The third-order valence-corrected chi connectivity index (χ3v) is 2.77. The van der Waals surface area contributed by atoms with Crippen LogP contribution in [0.3, 0.4) is 0 Å². The molecule has 0 bridgehead atoms. The summed E-state index contributed by atoms with van der Waals surface area (Å²) in [5.74, 6) is 0.0616. The zero-order valence-corrected chi connectivity index (χ0v) is 10.2. The summed E-state index contributed by atoms with van der Waals surface area (Å²) >= 11 is 5.03. The molecule has 0 atom stereocenters. The molecular weight excluding hydrogens is 230 g/mol. The van der Waals surface area contributed by atoms with E-state index >= 15 is 0 Å². The molecule has 1 saturated heterocycles. The van der Waals surface area contributed by atoms with E-state index in [-0.39, 0.29) is 5.91 Å². The van der Waals surface area contributed by atoms with Crippen molar-refractivity contribution < 1.29 is 14.3 Å². The summed E-state index contributed by atoms with van der Waals surface area (Å²) < 4.78 is 4.44. The summed E-state index contributed by atoms with van der Waals surface area (Å²) in [4.78, 5) is 25.6. The molecule has 1 fully saturated rings. The van der Waals surface area contributed by atoms with Crippen LogP contribution in [0.5, 0.6) is 0 Å². The van der Waals surface area contributed by atoms with Crippen molar-refractivity contribution in [1.82, 2.24) is 15.1 Å². The SMILES string of the molecule is COC(=O)NC(=S)N1CCN(C(C)=O)CC1. The molecule has 7 heteroatoms. The van der Waals surface area contributed by atoms with Gasteiger partial charge in [0.25, 0.3) is 0 Å². The Bertz CT molecular complexity index is 300. The molecule has 0 aromatic rings. The quantitative estimate of drug-likeness (QED) is 0.598. The Labute approximate surface area is 99.5 Å². The maximum absolute atomic E-state index is 11.1. The maximum Gasteiger partial charge on any atom is 0.413 e. The van der Waals surface area contributed by atoms with Gasteiger partial charge in [0.15, 0.2) is 5.11 Å². The Morgan fingerprint density at radius 1 is 1.19 bits per heavy atom. The minimum Gasteiger partial charge on any atom is -0.453 e. The number of hydrogen-bond acceptors (Lipinski definition) is 4. The van der Waals surface area contributed by atoms with Crippen molar-refractivity contribution in [2.45, 2.75) is 6.92 Å². The Hall–Kier alpha value is -1.37. The first-order valence-corrected chi connectivity index (χ1v) is 5.35.